The van der Waals surface area contributed by atoms with Crippen LogP contribution in [-0.4, -0.2) is 25.5 Å². The van der Waals surface area contributed by atoms with Crippen LogP contribution in [0.3, 0.4) is 0 Å². The zero-order chi connectivity index (χ0) is 18.2. The van der Waals surface area contributed by atoms with Crippen molar-refractivity contribution >= 4 is 17.6 Å². The van der Waals surface area contributed by atoms with E-state index in [4.69, 9.17) is 4.74 Å². The second-order valence-corrected chi connectivity index (χ2v) is 6.42. The first-order chi connectivity index (χ1) is 12.0. The molecule has 0 aliphatic carbocycles. The average Bonchev–Trinajstić information content (AvgIpc) is 2.64. The minimum atomic E-state index is -0.450. The van der Waals surface area contributed by atoms with Crippen molar-refractivity contribution in [2.45, 2.75) is 26.7 Å². The summed E-state index contributed by atoms with van der Waals surface area (Å²) in [5, 5.41) is 0. The largest absolute Gasteiger partial charge is 0.462 e. The normalized spacial score (nSPS) is 10.6. The smallest absolute Gasteiger partial charge is 0.338 e. The molecule has 0 aliphatic heterocycles. The van der Waals surface area contributed by atoms with Crippen LogP contribution in [-0.2, 0) is 4.74 Å². The van der Waals surface area contributed by atoms with E-state index >= 15 is 0 Å². The zero-order valence-electron chi connectivity index (χ0n) is 15.1. The number of hydrogen-bond acceptors (Lipinski definition) is 3. The molecule has 4 heteroatoms. The molecule has 0 radical (unpaired) electrons. The maximum atomic E-state index is 12.8. The van der Waals surface area contributed by atoms with Gasteiger partial charge in [-0.25, -0.2) is 4.79 Å². The van der Waals surface area contributed by atoms with Gasteiger partial charge in [-0.15, -0.1) is 0 Å². The minimum Gasteiger partial charge on any atom is -0.462 e. The van der Waals surface area contributed by atoms with Crippen LogP contribution < -0.4 is 4.90 Å². The summed E-state index contributed by atoms with van der Waals surface area (Å²) in [5.74, 6) is -0.109. The molecule has 0 saturated heterocycles. The van der Waals surface area contributed by atoms with Crippen LogP contribution in [0.1, 0.15) is 47.4 Å². The Morgan fingerprint density at radius 1 is 0.960 bits per heavy atom. The fraction of sp³-hybridized carbons (Fsp3) is 0.333. The predicted octanol–water partition coefficient (Wildman–Crippen LogP) is 4.56. The number of rotatable bonds is 7. The van der Waals surface area contributed by atoms with Gasteiger partial charge >= 0.3 is 5.97 Å². The molecule has 0 spiro atoms. The van der Waals surface area contributed by atoms with Crippen LogP contribution in [0.2, 0.25) is 0 Å². The van der Waals surface area contributed by atoms with Gasteiger partial charge in [0.05, 0.1) is 17.7 Å². The molecule has 0 N–H and O–H groups in total. The number of benzene rings is 2. The van der Waals surface area contributed by atoms with E-state index in [-0.39, 0.29) is 5.91 Å². The van der Waals surface area contributed by atoms with Crippen LogP contribution in [0.15, 0.2) is 54.6 Å². The van der Waals surface area contributed by atoms with E-state index in [9.17, 15) is 9.59 Å². The van der Waals surface area contributed by atoms with Crippen molar-refractivity contribution in [3.63, 3.8) is 0 Å². The van der Waals surface area contributed by atoms with Crippen molar-refractivity contribution < 1.29 is 14.3 Å². The predicted molar refractivity (Wildman–Crippen MR) is 100.0 cm³/mol. The summed E-state index contributed by atoms with van der Waals surface area (Å²) >= 11 is 0. The lowest BCUT2D eigenvalue weighted by Crippen LogP contribution is -2.28. The van der Waals surface area contributed by atoms with Gasteiger partial charge < -0.3 is 9.64 Å². The molecule has 2 rings (SSSR count). The van der Waals surface area contributed by atoms with Crippen molar-refractivity contribution in [2.75, 3.05) is 18.6 Å². The molecule has 0 bridgehead atoms. The molecule has 0 aromatic heterocycles. The van der Waals surface area contributed by atoms with E-state index < -0.39 is 5.97 Å². The van der Waals surface area contributed by atoms with Crippen LogP contribution >= 0.6 is 0 Å². The molecule has 25 heavy (non-hydrogen) atoms. The Morgan fingerprint density at radius 3 is 2.20 bits per heavy atom. The molecule has 0 saturated carbocycles. The number of anilines is 1. The number of amides is 1. The number of carbonyl (C=O) groups excluding carboxylic acids is 2. The summed E-state index contributed by atoms with van der Waals surface area (Å²) in [4.78, 5) is 26.7. The Kier molecular flexibility index (Phi) is 6.75. The standard InChI is InChI=1S/C21H25NO3/c1-16(2)10-9-15-25-21(24)19-14-8-7-13-18(19)20(23)22(3)17-11-5-4-6-12-17/h4-8,11-14,16H,9-10,15H2,1-3H3. The maximum Gasteiger partial charge on any atom is 0.338 e. The molecular formula is C21H25NO3. The number of esters is 1. The van der Waals surface area contributed by atoms with Crippen molar-refractivity contribution in [2.24, 2.45) is 5.92 Å². The lowest BCUT2D eigenvalue weighted by Gasteiger charge is -2.18. The first kappa shape index (κ1) is 18.7. The van der Waals surface area contributed by atoms with Gasteiger partial charge in [-0.3, -0.25) is 4.79 Å². The molecule has 2 aromatic carbocycles. The first-order valence-corrected chi connectivity index (χ1v) is 8.60. The van der Waals surface area contributed by atoms with Crippen molar-refractivity contribution in [3.8, 4) is 0 Å². The molecule has 1 amide bonds. The Labute approximate surface area is 149 Å². The summed E-state index contributed by atoms with van der Waals surface area (Å²) in [5.41, 5.74) is 1.43. The van der Waals surface area contributed by atoms with Crippen LogP contribution in [0.25, 0.3) is 0 Å². The second-order valence-electron chi connectivity index (χ2n) is 6.42. The van der Waals surface area contributed by atoms with Gasteiger partial charge in [0.2, 0.25) is 0 Å². The summed E-state index contributed by atoms with van der Waals surface area (Å²) < 4.78 is 5.35. The highest BCUT2D eigenvalue weighted by Crippen LogP contribution is 2.18. The minimum absolute atomic E-state index is 0.235. The number of para-hydroxylation sites is 1. The lowest BCUT2D eigenvalue weighted by atomic mass is 10.1. The van der Waals surface area contributed by atoms with Crippen LogP contribution in [0.4, 0.5) is 5.69 Å². The highest BCUT2D eigenvalue weighted by Gasteiger charge is 2.21. The topological polar surface area (TPSA) is 46.6 Å². The summed E-state index contributed by atoms with van der Waals surface area (Å²) in [6.45, 7) is 4.64. The molecule has 0 aliphatic rings. The van der Waals surface area contributed by atoms with E-state index in [1.54, 1.807) is 31.3 Å². The number of hydrogen-bond donors (Lipinski definition) is 0. The summed E-state index contributed by atoms with van der Waals surface area (Å²) in [6.07, 6.45) is 1.83. The summed E-state index contributed by atoms with van der Waals surface area (Å²) in [7, 11) is 1.70. The fourth-order valence-corrected chi connectivity index (χ4v) is 2.53. The van der Waals surface area contributed by atoms with Gasteiger partial charge in [-0.1, -0.05) is 44.2 Å². The summed E-state index contributed by atoms with van der Waals surface area (Å²) in [6, 6.07) is 16.1. The molecule has 4 nitrogen and oxygen atoms in total. The first-order valence-electron chi connectivity index (χ1n) is 8.60. The lowest BCUT2D eigenvalue weighted by molar-refractivity contribution is 0.0491. The monoisotopic (exact) mass is 339 g/mol. The molecular weight excluding hydrogens is 314 g/mol. The van der Waals surface area contributed by atoms with E-state index in [1.165, 1.54) is 4.90 Å². The Balaban J connectivity index is 2.11. The highest BCUT2D eigenvalue weighted by atomic mass is 16.5. The second kappa shape index (κ2) is 9.02. The van der Waals surface area contributed by atoms with Crippen molar-refractivity contribution in [1.82, 2.24) is 0 Å². The number of carbonyl (C=O) groups is 2. The van der Waals surface area contributed by atoms with Crippen LogP contribution in [0.5, 0.6) is 0 Å². The van der Waals surface area contributed by atoms with E-state index in [2.05, 4.69) is 13.8 Å². The van der Waals surface area contributed by atoms with Crippen LogP contribution in [0, 0.1) is 5.92 Å². The van der Waals surface area contributed by atoms with Gasteiger partial charge in [0.1, 0.15) is 0 Å². The van der Waals surface area contributed by atoms with E-state index in [0.717, 1.165) is 18.5 Å². The third kappa shape index (κ3) is 5.18. The fourth-order valence-electron chi connectivity index (χ4n) is 2.53. The molecule has 0 heterocycles. The maximum absolute atomic E-state index is 12.8. The SMILES string of the molecule is CC(C)CCCOC(=O)c1ccccc1C(=O)N(C)c1ccccc1. The van der Waals surface area contributed by atoms with E-state index in [1.807, 2.05) is 30.3 Å². The highest BCUT2D eigenvalue weighted by molar-refractivity contribution is 6.11. The average molecular weight is 339 g/mol. The zero-order valence-corrected chi connectivity index (χ0v) is 15.1. The molecule has 2 aromatic rings. The van der Waals surface area contributed by atoms with Gasteiger partial charge in [0.15, 0.2) is 0 Å². The van der Waals surface area contributed by atoms with Gasteiger partial charge in [0, 0.05) is 12.7 Å². The Morgan fingerprint density at radius 2 is 1.56 bits per heavy atom. The Bertz CT molecular complexity index is 710. The number of ether oxygens (including phenoxy) is 1. The molecule has 132 valence electrons. The van der Waals surface area contributed by atoms with E-state index in [0.29, 0.717) is 23.7 Å². The van der Waals surface area contributed by atoms with Crippen molar-refractivity contribution in [3.05, 3.63) is 65.7 Å². The molecule has 0 unspecified atom stereocenters. The van der Waals surface area contributed by atoms with Gasteiger partial charge in [-0.05, 0) is 43.0 Å². The van der Waals surface area contributed by atoms with Gasteiger partial charge in [-0.2, -0.15) is 0 Å². The molecule has 0 atom stereocenters. The number of nitrogens with zero attached hydrogens (tertiary/aromatic N) is 1. The molecule has 0 fully saturated rings. The third-order valence-corrected chi connectivity index (χ3v) is 3.98. The quantitative estimate of drug-likeness (QED) is 0.549. The Hall–Kier alpha value is -2.62. The van der Waals surface area contributed by atoms with Crippen molar-refractivity contribution in [1.29, 1.82) is 0 Å². The third-order valence-electron chi connectivity index (χ3n) is 3.98. The van der Waals surface area contributed by atoms with Gasteiger partial charge in [0.25, 0.3) is 5.91 Å².